The van der Waals surface area contributed by atoms with E-state index in [1.165, 1.54) is 0 Å². The van der Waals surface area contributed by atoms with Crippen LogP contribution in [0.4, 0.5) is 0 Å². The van der Waals surface area contributed by atoms with Gasteiger partial charge in [0, 0.05) is 26.1 Å². The lowest BCUT2D eigenvalue weighted by molar-refractivity contribution is -0.131. The quantitative estimate of drug-likeness (QED) is 0.715. The number of amides is 1. The van der Waals surface area contributed by atoms with Crippen LogP contribution in [-0.2, 0) is 9.53 Å². The standard InChI is InChI=1S/C13H26N2O3/c1-3-14(4-2)13(17)6-5-7-15-8-9-18-11-12(15)10-16/h12,16H,3-11H2,1-2H3. The Balaban J connectivity index is 2.25. The highest BCUT2D eigenvalue weighted by Crippen LogP contribution is 2.08. The van der Waals surface area contributed by atoms with E-state index < -0.39 is 0 Å². The van der Waals surface area contributed by atoms with Crippen molar-refractivity contribution in [3.8, 4) is 0 Å². The lowest BCUT2D eigenvalue weighted by Gasteiger charge is -2.34. The topological polar surface area (TPSA) is 53.0 Å². The van der Waals surface area contributed by atoms with Crippen molar-refractivity contribution in [2.75, 3.05) is 46.0 Å². The summed E-state index contributed by atoms with van der Waals surface area (Å²) in [4.78, 5) is 15.9. The smallest absolute Gasteiger partial charge is 0.222 e. The van der Waals surface area contributed by atoms with Crippen molar-refractivity contribution in [3.63, 3.8) is 0 Å². The maximum Gasteiger partial charge on any atom is 0.222 e. The van der Waals surface area contributed by atoms with Crippen LogP contribution in [0.2, 0.25) is 0 Å². The minimum absolute atomic E-state index is 0.0994. The minimum atomic E-state index is 0.0994. The Morgan fingerprint density at radius 1 is 1.44 bits per heavy atom. The zero-order valence-corrected chi connectivity index (χ0v) is 11.6. The third-order valence-electron chi connectivity index (χ3n) is 3.51. The fourth-order valence-corrected chi connectivity index (χ4v) is 2.32. The maximum absolute atomic E-state index is 11.8. The van der Waals surface area contributed by atoms with Crippen LogP contribution in [0.25, 0.3) is 0 Å². The lowest BCUT2D eigenvalue weighted by atomic mass is 10.2. The zero-order valence-electron chi connectivity index (χ0n) is 11.6. The van der Waals surface area contributed by atoms with Crippen LogP contribution < -0.4 is 0 Å². The largest absolute Gasteiger partial charge is 0.395 e. The molecule has 0 radical (unpaired) electrons. The molecule has 1 N–H and O–H groups in total. The van der Waals surface area contributed by atoms with E-state index in [0.717, 1.165) is 39.2 Å². The van der Waals surface area contributed by atoms with Gasteiger partial charge in [0.05, 0.1) is 25.9 Å². The van der Waals surface area contributed by atoms with Gasteiger partial charge in [0.15, 0.2) is 0 Å². The van der Waals surface area contributed by atoms with Crippen LogP contribution >= 0.6 is 0 Å². The number of morpholine rings is 1. The van der Waals surface area contributed by atoms with E-state index >= 15 is 0 Å². The predicted octanol–water partition coefficient (Wildman–Crippen LogP) is 0.328. The number of carbonyl (C=O) groups excluding carboxylic acids is 1. The highest BCUT2D eigenvalue weighted by molar-refractivity contribution is 5.76. The molecular weight excluding hydrogens is 232 g/mol. The van der Waals surface area contributed by atoms with Crippen LogP contribution in [0.3, 0.4) is 0 Å². The Morgan fingerprint density at radius 2 is 2.17 bits per heavy atom. The van der Waals surface area contributed by atoms with Gasteiger partial charge in [-0.15, -0.1) is 0 Å². The molecule has 1 atom stereocenters. The van der Waals surface area contributed by atoms with E-state index in [4.69, 9.17) is 4.74 Å². The summed E-state index contributed by atoms with van der Waals surface area (Å²) < 4.78 is 5.33. The highest BCUT2D eigenvalue weighted by Gasteiger charge is 2.22. The van der Waals surface area contributed by atoms with Gasteiger partial charge < -0.3 is 14.7 Å². The number of nitrogens with zero attached hydrogens (tertiary/aromatic N) is 2. The molecule has 0 aromatic rings. The second-order valence-electron chi connectivity index (χ2n) is 4.62. The second-order valence-corrected chi connectivity index (χ2v) is 4.62. The first kappa shape index (κ1) is 15.4. The number of hydrogen-bond donors (Lipinski definition) is 1. The lowest BCUT2D eigenvalue weighted by Crippen LogP contribution is -2.47. The first-order valence-corrected chi connectivity index (χ1v) is 6.93. The molecule has 5 heteroatoms. The molecule has 106 valence electrons. The molecule has 1 rings (SSSR count). The Labute approximate surface area is 110 Å². The van der Waals surface area contributed by atoms with E-state index in [2.05, 4.69) is 4.90 Å². The second kappa shape index (κ2) is 8.45. The van der Waals surface area contributed by atoms with Crippen molar-refractivity contribution >= 4 is 5.91 Å². The molecule has 1 amide bonds. The first-order valence-electron chi connectivity index (χ1n) is 6.93. The Hall–Kier alpha value is -0.650. The molecule has 0 spiro atoms. The fourth-order valence-electron chi connectivity index (χ4n) is 2.32. The molecule has 1 fully saturated rings. The predicted molar refractivity (Wildman–Crippen MR) is 70.4 cm³/mol. The number of hydrogen-bond acceptors (Lipinski definition) is 4. The highest BCUT2D eigenvalue weighted by atomic mass is 16.5. The molecule has 0 aromatic heterocycles. The van der Waals surface area contributed by atoms with E-state index in [1.54, 1.807) is 0 Å². The van der Waals surface area contributed by atoms with Gasteiger partial charge in [-0.2, -0.15) is 0 Å². The van der Waals surface area contributed by atoms with E-state index in [0.29, 0.717) is 13.0 Å². The summed E-state index contributed by atoms with van der Waals surface area (Å²) >= 11 is 0. The molecule has 0 saturated carbocycles. The average molecular weight is 258 g/mol. The molecular formula is C13H26N2O3. The summed E-state index contributed by atoms with van der Waals surface area (Å²) in [5.74, 6) is 0.230. The summed E-state index contributed by atoms with van der Waals surface area (Å²) in [6.45, 7) is 8.74. The Morgan fingerprint density at radius 3 is 2.78 bits per heavy atom. The van der Waals surface area contributed by atoms with Crippen molar-refractivity contribution in [2.24, 2.45) is 0 Å². The maximum atomic E-state index is 11.8. The SMILES string of the molecule is CCN(CC)C(=O)CCCN1CCOCC1CO. The van der Waals surface area contributed by atoms with E-state index in [-0.39, 0.29) is 18.6 Å². The third kappa shape index (κ3) is 4.55. The summed E-state index contributed by atoms with van der Waals surface area (Å²) in [5.41, 5.74) is 0. The van der Waals surface area contributed by atoms with Gasteiger partial charge in [0.1, 0.15) is 0 Å². The van der Waals surface area contributed by atoms with Gasteiger partial charge in [-0.3, -0.25) is 9.69 Å². The summed E-state index contributed by atoms with van der Waals surface area (Å²) in [6, 6.07) is 0.0994. The van der Waals surface area contributed by atoms with Gasteiger partial charge in [-0.1, -0.05) is 0 Å². The molecule has 1 heterocycles. The molecule has 1 aliphatic heterocycles. The Kier molecular flexibility index (Phi) is 7.23. The van der Waals surface area contributed by atoms with Crippen molar-refractivity contribution in [1.82, 2.24) is 9.80 Å². The van der Waals surface area contributed by atoms with Crippen molar-refractivity contribution in [2.45, 2.75) is 32.7 Å². The van der Waals surface area contributed by atoms with Crippen LogP contribution in [0.5, 0.6) is 0 Å². The van der Waals surface area contributed by atoms with Gasteiger partial charge in [-0.25, -0.2) is 0 Å². The summed E-state index contributed by atoms with van der Waals surface area (Å²) in [7, 11) is 0. The average Bonchev–Trinajstić information content (AvgIpc) is 2.40. The molecule has 1 saturated heterocycles. The normalized spacial score (nSPS) is 20.9. The minimum Gasteiger partial charge on any atom is -0.395 e. The molecule has 0 bridgehead atoms. The van der Waals surface area contributed by atoms with Crippen molar-refractivity contribution in [3.05, 3.63) is 0 Å². The van der Waals surface area contributed by atoms with Gasteiger partial charge in [0.25, 0.3) is 0 Å². The fraction of sp³-hybridized carbons (Fsp3) is 0.923. The number of ether oxygens (including phenoxy) is 1. The summed E-state index contributed by atoms with van der Waals surface area (Å²) in [6.07, 6.45) is 1.45. The van der Waals surface area contributed by atoms with Gasteiger partial charge >= 0.3 is 0 Å². The van der Waals surface area contributed by atoms with Crippen molar-refractivity contribution < 1.29 is 14.6 Å². The van der Waals surface area contributed by atoms with E-state index in [9.17, 15) is 9.90 Å². The van der Waals surface area contributed by atoms with E-state index in [1.807, 2.05) is 18.7 Å². The van der Waals surface area contributed by atoms with Crippen LogP contribution in [0.15, 0.2) is 0 Å². The van der Waals surface area contributed by atoms with Crippen LogP contribution in [0, 0.1) is 0 Å². The third-order valence-corrected chi connectivity index (χ3v) is 3.51. The molecule has 1 unspecified atom stereocenters. The van der Waals surface area contributed by atoms with Gasteiger partial charge in [-0.05, 0) is 26.8 Å². The number of carbonyl (C=O) groups is 1. The molecule has 5 nitrogen and oxygen atoms in total. The first-order chi connectivity index (χ1) is 8.72. The number of rotatable bonds is 7. The van der Waals surface area contributed by atoms with Crippen molar-refractivity contribution in [1.29, 1.82) is 0 Å². The number of aliphatic hydroxyl groups excluding tert-OH is 1. The number of aliphatic hydroxyl groups is 1. The monoisotopic (exact) mass is 258 g/mol. The molecule has 18 heavy (non-hydrogen) atoms. The molecule has 0 aliphatic carbocycles. The Bertz CT molecular complexity index is 244. The zero-order chi connectivity index (χ0) is 13.4. The summed E-state index contributed by atoms with van der Waals surface area (Å²) in [5, 5.41) is 9.24. The van der Waals surface area contributed by atoms with Crippen LogP contribution in [0.1, 0.15) is 26.7 Å². The van der Waals surface area contributed by atoms with Crippen LogP contribution in [-0.4, -0.2) is 72.9 Å². The molecule has 1 aliphatic rings. The van der Waals surface area contributed by atoms with Gasteiger partial charge in [0.2, 0.25) is 5.91 Å². The molecule has 0 aromatic carbocycles.